The van der Waals surface area contributed by atoms with Crippen LogP contribution in [0.15, 0.2) is 67.0 Å². The molecule has 1 aliphatic rings. The van der Waals surface area contributed by atoms with E-state index < -0.39 is 0 Å². The Kier molecular flexibility index (Phi) is 6.92. The van der Waals surface area contributed by atoms with Gasteiger partial charge in [-0.2, -0.15) is 0 Å². The van der Waals surface area contributed by atoms with Crippen LogP contribution < -0.4 is 10.1 Å². The lowest BCUT2D eigenvalue weighted by atomic mass is 9.89. The van der Waals surface area contributed by atoms with Crippen LogP contribution in [0.5, 0.6) is 5.75 Å². The average molecular weight is 506 g/mol. The molecule has 1 amide bonds. The number of ether oxygens (including phenoxy) is 1. The number of nitrogens with zero attached hydrogens (tertiary/aromatic N) is 4. The number of thiophene rings is 1. The first-order valence-electron chi connectivity index (χ1n) is 11.3. The van der Waals surface area contributed by atoms with Crippen molar-refractivity contribution in [3.63, 3.8) is 0 Å². The number of amides is 1. The molecular weight excluding hydrogens is 482 g/mol. The molecule has 1 aliphatic heterocycles. The number of hydrogen-bond acceptors (Lipinski definition) is 7. The largest absolute Gasteiger partial charge is 0.486 e. The lowest BCUT2D eigenvalue weighted by Gasteiger charge is -2.31. The fourth-order valence-electron chi connectivity index (χ4n) is 4.30. The van der Waals surface area contributed by atoms with E-state index in [-0.39, 0.29) is 5.91 Å². The predicted molar refractivity (Wildman–Crippen MR) is 139 cm³/mol. The number of nitrogens with one attached hydrogen (secondary N) is 1. The number of likely N-dealkylation sites (tertiary alicyclic amines) is 1. The summed E-state index contributed by atoms with van der Waals surface area (Å²) in [5.74, 6) is 1.67. The zero-order chi connectivity index (χ0) is 24.2. The maximum Gasteiger partial charge on any atom is 0.245 e. The molecule has 0 bridgehead atoms. The molecule has 0 atom stereocenters. The van der Waals surface area contributed by atoms with E-state index in [4.69, 9.17) is 16.3 Å². The number of carbonyl (C=O) groups is 1. The van der Waals surface area contributed by atoms with Crippen LogP contribution in [-0.2, 0) is 11.4 Å². The molecule has 0 spiro atoms. The molecule has 0 radical (unpaired) electrons. The second-order valence-electron chi connectivity index (χ2n) is 8.28. The van der Waals surface area contributed by atoms with Crippen LogP contribution in [0.1, 0.15) is 30.0 Å². The first kappa shape index (κ1) is 23.3. The van der Waals surface area contributed by atoms with E-state index in [2.05, 4.69) is 32.2 Å². The van der Waals surface area contributed by atoms with Gasteiger partial charge in [-0.1, -0.05) is 24.2 Å². The number of pyridine rings is 1. The molecule has 1 fully saturated rings. The van der Waals surface area contributed by atoms with Crippen molar-refractivity contribution < 1.29 is 9.53 Å². The van der Waals surface area contributed by atoms with Gasteiger partial charge in [0.15, 0.2) is 0 Å². The molecule has 4 heterocycles. The summed E-state index contributed by atoms with van der Waals surface area (Å²) in [7, 11) is 0. The van der Waals surface area contributed by atoms with Crippen molar-refractivity contribution in [2.75, 3.05) is 18.4 Å². The lowest BCUT2D eigenvalue weighted by molar-refractivity contribution is -0.127. The zero-order valence-electron chi connectivity index (χ0n) is 19.0. The van der Waals surface area contributed by atoms with Gasteiger partial charge >= 0.3 is 0 Å². The number of fused-ring (bicyclic) bond motifs is 1. The Labute approximate surface area is 212 Å². The van der Waals surface area contributed by atoms with Crippen LogP contribution in [0, 0.1) is 0 Å². The highest BCUT2D eigenvalue weighted by Crippen LogP contribution is 2.40. The normalized spacial score (nSPS) is 14.1. The molecule has 1 aromatic carbocycles. The van der Waals surface area contributed by atoms with E-state index in [9.17, 15) is 4.79 Å². The highest BCUT2D eigenvalue weighted by molar-refractivity contribution is 7.17. The molecule has 3 aromatic heterocycles. The van der Waals surface area contributed by atoms with Crippen molar-refractivity contribution in [3.8, 4) is 5.75 Å². The van der Waals surface area contributed by atoms with Crippen molar-refractivity contribution in [2.24, 2.45) is 0 Å². The topological polar surface area (TPSA) is 80.2 Å². The summed E-state index contributed by atoms with van der Waals surface area (Å²) in [6.45, 7) is 5.38. The van der Waals surface area contributed by atoms with E-state index in [0.29, 0.717) is 23.3 Å². The number of rotatable bonds is 7. The van der Waals surface area contributed by atoms with Gasteiger partial charge in [-0.15, -0.1) is 11.3 Å². The Bertz CT molecular complexity index is 1350. The maximum absolute atomic E-state index is 12.0. The first-order valence-corrected chi connectivity index (χ1v) is 12.6. The second kappa shape index (κ2) is 10.4. The van der Waals surface area contributed by atoms with Gasteiger partial charge in [-0.05, 0) is 66.1 Å². The fraction of sp³-hybridized carbons (Fsp3) is 0.231. The maximum atomic E-state index is 12.0. The summed E-state index contributed by atoms with van der Waals surface area (Å²) < 4.78 is 5.84. The summed E-state index contributed by atoms with van der Waals surface area (Å²) in [5, 5.41) is 7.11. The Balaban J connectivity index is 1.33. The SMILES string of the molecule is C=CC(=O)N1CCC(c2csc3ncnc(Nc4ccc(OCc5ccccn5)c(Cl)c4)c23)CC1. The van der Waals surface area contributed by atoms with Gasteiger partial charge < -0.3 is 15.0 Å². The Morgan fingerprint density at radius 1 is 1.23 bits per heavy atom. The molecule has 0 aliphatic carbocycles. The number of benzene rings is 1. The van der Waals surface area contributed by atoms with Crippen molar-refractivity contribution in [2.45, 2.75) is 25.4 Å². The quantitative estimate of drug-likeness (QED) is 0.312. The van der Waals surface area contributed by atoms with Crippen molar-refractivity contribution in [1.82, 2.24) is 19.9 Å². The Hall–Kier alpha value is -3.49. The molecule has 5 rings (SSSR count). The molecule has 178 valence electrons. The van der Waals surface area contributed by atoms with Gasteiger partial charge in [0.2, 0.25) is 5.91 Å². The standard InChI is InChI=1S/C26H24ClN5O2S/c1-2-23(33)32-11-8-17(9-12-32)20-15-35-26-24(20)25(29-16-30-26)31-18-6-7-22(21(27)13-18)34-14-19-5-3-4-10-28-19/h2-7,10,13,15-17H,1,8-9,11-12,14H2,(H,29,30,31). The predicted octanol–water partition coefficient (Wildman–Crippen LogP) is 5.95. The highest BCUT2D eigenvalue weighted by atomic mass is 35.5. The van der Waals surface area contributed by atoms with Gasteiger partial charge in [0.05, 0.1) is 16.1 Å². The second-order valence-corrected chi connectivity index (χ2v) is 9.54. The highest BCUT2D eigenvalue weighted by Gasteiger charge is 2.26. The van der Waals surface area contributed by atoms with Crippen LogP contribution in [0.4, 0.5) is 11.5 Å². The van der Waals surface area contributed by atoms with Crippen molar-refractivity contribution >= 4 is 50.6 Å². The molecule has 1 saturated heterocycles. The number of carbonyl (C=O) groups excluding carboxylic acids is 1. The van der Waals surface area contributed by atoms with Crippen molar-refractivity contribution in [3.05, 3.63) is 83.2 Å². The lowest BCUT2D eigenvalue weighted by Crippen LogP contribution is -2.36. The van der Waals surface area contributed by atoms with Gasteiger partial charge in [0, 0.05) is 25.0 Å². The minimum absolute atomic E-state index is 0.00588. The summed E-state index contributed by atoms with van der Waals surface area (Å²) in [6, 6.07) is 11.3. The zero-order valence-corrected chi connectivity index (χ0v) is 20.6. The minimum Gasteiger partial charge on any atom is -0.486 e. The molecule has 0 unspecified atom stereocenters. The monoisotopic (exact) mass is 505 g/mol. The summed E-state index contributed by atoms with van der Waals surface area (Å²) in [5.41, 5.74) is 2.86. The molecule has 7 nitrogen and oxygen atoms in total. The third-order valence-corrected chi connectivity index (χ3v) is 7.32. The minimum atomic E-state index is -0.00588. The number of halogens is 1. The summed E-state index contributed by atoms with van der Waals surface area (Å²) in [6.07, 6.45) is 6.48. The third-order valence-electron chi connectivity index (χ3n) is 6.12. The van der Waals surface area contributed by atoms with Gasteiger partial charge in [0.1, 0.15) is 29.3 Å². The fourth-order valence-corrected chi connectivity index (χ4v) is 5.52. The van der Waals surface area contributed by atoms with Crippen LogP contribution in [0.25, 0.3) is 10.2 Å². The molecule has 35 heavy (non-hydrogen) atoms. The van der Waals surface area contributed by atoms with E-state index in [1.165, 1.54) is 11.6 Å². The summed E-state index contributed by atoms with van der Waals surface area (Å²) >= 11 is 8.12. The van der Waals surface area contributed by atoms with Crippen LogP contribution >= 0.6 is 22.9 Å². The summed E-state index contributed by atoms with van der Waals surface area (Å²) in [4.78, 5) is 28.0. The van der Waals surface area contributed by atoms with E-state index in [1.807, 2.05) is 41.3 Å². The molecule has 4 aromatic rings. The smallest absolute Gasteiger partial charge is 0.245 e. The molecular formula is C26H24ClN5O2S. The van der Waals surface area contributed by atoms with E-state index >= 15 is 0 Å². The molecule has 9 heteroatoms. The number of piperidine rings is 1. The van der Waals surface area contributed by atoms with Crippen LogP contribution in [-0.4, -0.2) is 38.8 Å². The average Bonchev–Trinajstić information content (AvgIpc) is 3.34. The molecule has 0 saturated carbocycles. The van der Waals surface area contributed by atoms with E-state index in [0.717, 1.165) is 53.3 Å². The number of hydrogen-bond donors (Lipinski definition) is 1. The van der Waals surface area contributed by atoms with Crippen LogP contribution in [0.3, 0.4) is 0 Å². The first-order chi connectivity index (χ1) is 17.1. The number of aromatic nitrogens is 3. The van der Waals surface area contributed by atoms with Gasteiger partial charge in [-0.25, -0.2) is 9.97 Å². The number of anilines is 2. The third kappa shape index (κ3) is 5.13. The molecule has 1 N–H and O–H groups in total. The van der Waals surface area contributed by atoms with E-state index in [1.54, 1.807) is 23.9 Å². The Morgan fingerprint density at radius 3 is 2.83 bits per heavy atom. The van der Waals surface area contributed by atoms with Gasteiger partial charge in [-0.3, -0.25) is 9.78 Å². The van der Waals surface area contributed by atoms with Crippen molar-refractivity contribution in [1.29, 1.82) is 0 Å². The van der Waals surface area contributed by atoms with Crippen LogP contribution in [0.2, 0.25) is 5.02 Å². The van der Waals surface area contributed by atoms with Gasteiger partial charge in [0.25, 0.3) is 0 Å². The Morgan fingerprint density at radius 2 is 2.09 bits per heavy atom.